The maximum Gasteiger partial charge on any atom is 0.122 e. The van der Waals surface area contributed by atoms with Crippen molar-refractivity contribution in [1.29, 1.82) is 0 Å². The monoisotopic (exact) mass is 250 g/mol. The number of aliphatic hydroxyl groups excluding tert-OH is 1. The molecule has 1 aromatic carbocycles. The van der Waals surface area contributed by atoms with Crippen LogP contribution in [0.3, 0.4) is 0 Å². The second kappa shape index (κ2) is 5.29. The highest BCUT2D eigenvalue weighted by molar-refractivity contribution is 5.44. The van der Waals surface area contributed by atoms with Crippen LogP contribution in [0.1, 0.15) is 44.4 Å². The molecule has 1 aromatic rings. The fraction of sp³-hybridized carbons (Fsp3) is 0.600. The molecule has 3 heteroatoms. The Balaban J connectivity index is 1.91. The van der Waals surface area contributed by atoms with Crippen LogP contribution < -0.4 is 4.74 Å². The summed E-state index contributed by atoms with van der Waals surface area (Å²) in [7, 11) is 0. The van der Waals surface area contributed by atoms with Crippen LogP contribution in [0, 0.1) is 0 Å². The summed E-state index contributed by atoms with van der Waals surface area (Å²) in [5.74, 6) is 0.890. The second-order valence-electron chi connectivity index (χ2n) is 5.69. The SMILES string of the molecule is CC(C)(C)OCCOc1cccc2c1CCC2O. The molecule has 2 rings (SSSR count). The first-order valence-electron chi connectivity index (χ1n) is 6.54. The lowest BCUT2D eigenvalue weighted by atomic mass is 10.1. The molecule has 0 amide bonds. The van der Waals surface area contributed by atoms with E-state index in [1.54, 1.807) is 0 Å². The van der Waals surface area contributed by atoms with Crippen LogP contribution in [0.2, 0.25) is 0 Å². The number of ether oxygens (including phenoxy) is 2. The average molecular weight is 250 g/mol. The Morgan fingerprint density at radius 1 is 1.28 bits per heavy atom. The van der Waals surface area contributed by atoms with E-state index in [9.17, 15) is 5.11 Å². The molecule has 0 aliphatic heterocycles. The maximum atomic E-state index is 9.80. The summed E-state index contributed by atoms with van der Waals surface area (Å²) in [4.78, 5) is 0. The van der Waals surface area contributed by atoms with E-state index in [-0.39, 0.29) is 11.7 Å². The predicted molar refractivity (Wildman–Crippen MR) is 70.9 cm³/mol. The Bertz CT molecular complexity index is 407. The van der Waals surface area contributed by atoms with Crippen molar-refractivity contribution < 1.29 is 14.6 Å². The van der Waals surface area contributed by atoms with Crippen molar-refractivity contribution in [3.05, 3.63) is 29.3 Å². The highest BCUT2D eigenvalue weighted by atomic mass is 16.5. The van der Waals surface area contributed by atoms with E-state index in [0.717, 1.165) is 29.7 Å². The molecule has 0 aromatic heterocycles. The normalized spacial score (nSPS) is 18.8. The lowest BCUT2D eigenvalue weighted by molar-refractivity contribution is -0.0163. The average Bonchev–Trinajstić information content (AvgIpc) is 2.67. The van der Waals surface area contributed by atoms with Gasteiger partial charge in [0.15, 0.2) is 0 Å². The van der Waals surface area contributed by atoms with Crippen LogP contribution in [0.15, 0.2) is 18.2 Å². The minimum atomic E-state index is -0.325. The summed E-state index contributed by atoms with van der Waals surface area (Å²) in [5, 5.41) is 9.80. The van der Waals surface area contributed by atoms with Gasteiger partial charge >= 0.3 is 0 Å². The van der Waals surface area contributed by atoms with E-state index >= 15 is 0 Å². The summed E-state index contributed by atoms with van der Waals surface area (Å²) in [6.45, 7) is 7.22. The lowest BCUT2D eigenvalue weighted by Gasteiger charge is -2.20. The van der Waals surface area contributed by atoms with Crippen LogP contribution in [-0.2, 0) is 11.2 Å². The van der Waals surface area contributed by atoms with Gasteiger partial charge in [-0.15, -0.1) is 0 Å². The smallest absolute Gasteiger partial charge is 0.122 e. The third-order valence-corrected chi connectivity index (χ3v) is 3.07. The molecular weight excluding hydrogens is 228 g/mol. The number of rotatable bonds is 4. The molecule has 1 aliphatic rings. The number of hydrogen-bond donors (Lipinski definition) is 1. The predicted octanol–water partition coefficient (Wildman–Crippen LogP) is 2.86. The number of benzene rings is 1. The molecule has 0 saturated carbocycles. The van der Waals surface area contributed by atoms with Crippen molar-refractivity contribution in [3.63, 3.8) is 0 Å². The molecule has 0 bridgehead atoms. The van der Waals surface area contributed by atoms with Gasteiger partial charge in [0, 0.05) is 5.56 Å². The van der Waals surface area contributed by atoms with Crippen LogP contribution in [-0.4, -0.2) is 23.9 Å². The van der Waals surface area contributed by atoms with Crippen LogP contribution in [0.5, 0.6) is 5.75 Å². The highest BCUT2D eigenvalue weighted by Gasteiger charge is 2.23. The zero-order valence-electron chi connectivity index (χ0n) is 11.4. The fourth-order valence-corrected chi connectivity index (χ4v) is 2.23. The third kappa shape index (κ3) is 3.24. The first-order valence-corrected chi connectivity index (χ1v) is 6.54. The van der Waals surface area contributed by atoms with Gasteiger partial charge in [-0.2, -0.15) is 0 Å². The van der Waals surface area contributed by atoms with Crippen molar-refractivity contribution in [2.45, 2.75) is 45.3 Å². The van der Waals surface area contributed by atoms with Gasteiger partial charge in [0.05, 0.1) is 18.3 Å². The van der Waals surface area contributed by atoms with Gasteiger partial charge in [0.25, 0.3) is 0 Å². The summed E-state index contributed by atoms with van der Waals surface area (Å²) in [6.07, 6.45) is 1.37. The number of fused-ring (bicyclic) bond motifs is 1. The molecule has 18 heavy (non-hydrogen) atoms. The molecule has 1 N–H and O–H groups in total. The van der Waals surface area contributed by atoms with Gasteiger partial charge in [-0.1, -0.05) is 12.1 Å². The third-order valence-electron chi connectivity index (χ3n) is 3.07. The first-order chi connectivity index (χ1) is 8.47. The van der Waals surface area contributed by atoms with Gasteiger partial charge in [0.2, 0.25) is 0 Å². The van der Waals surface area contributed by atoms with E-state index in [0.29, 0.717) is 13.2 Å². The Morgan fingerprint density at radius 3 is 2.78 bits per heavy atom. The Kier molecular flexibility index (Phi) is 3.93. The van der Waals surface area contributed by atoms with Gasteiger partial charge in [0.1, 0.15) is 12.4 Å². The molecule has 0 fully saturated rings. The van der Waals surface area contributed by atoms with E-state index in [1.165, 1.54) is 0 Å². The summed E-state index contributed by atoms with van der Waals surface area (Å²) in [5.41, 5.74) is 2.04. The largest absolute Gasteiger partial charge is 0.491 e. The Morgan fingerprint density at radius 2 is 2.06 bits per heavy atom. The minimum absolute atomic E-state index is 0.127. The number of hydrogen-bond acceptors (Lipinski definition) is 3. The van der Waals surface area contributed by atoms with Gasteiger partial charge in [-0.3, -0.25) is 0 Å². The van der Waals surface area contributed by atoms with E-state index in [1.807, 2.05) is 39.0 Å². The van der Waals surface area contributed by atoms with E-state index < -0.39 is 0 Å². The highest BCUT2D eigenvalue weighted by Crippen LogP contribution is 2.36. The van der Waals surface area contributed by atoms with Crippen molar-refractivity contribution in [1.82, 2.24) is 0 Å². The van der Waals surface area contributed by atoms with Crippen LogP contribution in [0.4, 0.5) is 0 Å². The van der Waals surface area contributed by atoms with Crippen molar-refractivity contribution in [3.8, 4) is 5.75 Å². The maximum absolute atomic E-state index is 9.80. The second-order valence-corrected chi connectivity index (χ2v) is 5.69. The number of aliphatic hydroxyl groups is 1. The van der Waals surface area contributed by atoms with Crippen molar-refractivity contribution in [2.24, 2.45) is 0 Å². The quantitative estimate of drug-likeness (QED) is 0.835. The Hall–Kier alpha value is -1.06. The van der Waals surface area contributed by atoms with Crippen LogP contribution >= 0.6 is 0 Å². The van der Waals surface area contributed by atoms with Crippen LogP contribution in [0.25, 0.3) is 0 Å². The van der Waals surface area contributed by atoms with Gasteiger partial charge in [-0.05, 0) is 45.2 Å². The van der Waals surface area contributed by atoms with E-state index in [4.69, 9.17) is 9.47 Å². The topological polar surface area (TPSA) is 38.7 Å². The molecular formula is C15H22O3. The molecule has 0 saturated heterocycles. The van der Waals surface area contributed by atoms with Crippen molar-refractivity contribution >= 4 is 0 Å². The standard InChI is InChI=1S/C15H22O3/c1-15(2,3)18-10-9-17-14-6-4-5-11-12(14)7-8-13(11)16/h4-6,13,16H,7-10H2,1-3H3. The molecule has 0 radical (unpaired) electrons. The molecule has 0 heterocycles. The zero-order chi connectivity index (χ0) is 13.2. The molecule has 3 nitrogen and oxygen atoms in total. The Labute approximate surface area is 109 Å². The van der Waals surface area contributed by atoms with E-state index in [2.05, 4.69) is 0 Å². The molecule has 0 spiro atoms. The molecule has 100 valence electrons. The molecule has 1 atom stereocenters. The summed E-state index contributed by atoms with van der Waals surface area (Å²) < 4.78 is 11.4. The van der Waals surface area contributed by atoms with Gasteiger partial charge < -0.3 is 14.6 Å². The summed E-state index contributed by atoms with van der Waals surface area (Å²) in [6, 6.07) is 5.88. The molecule has 1 unspecified atom stereocenters. The molecule has 1 aliphatic carbocycles. The summed E-state index contributed by atoms with van der Waals surface area (Å²) >= 11 is 0. The minimum Gasteiger partial charge on any atom is -0.491 e. The first kappa shape index (κ1) is 13.4. The lowest BCUT2D eigenvalue weighted by Crippen LogP contribution is -2.22. The fourth-order valence-electron chi connectivity index (χ4n) is 2.23. The van der Waals surface area contributed by atoms with Gasteiger partial charge in [-0.25, -0.2) is 0 Å². The van der Waals surface area contributed by atoms with Crippen molar-refractivity contribution in [2.75, 3.05) is 13.2 Å². The zero-order valence-corrected chi connectivity index (χ0v) is 11.4.